The van der Waals surface area contributed by atoms with Crippen molar-refractivity contribution in [1.82, 2.24) is 4.90 Å². The minimum absolute atomic E-state index is 0.0113. The average molecular weight is 337 g/mol. The highest BCUT2D eigenvalue weighted by Gasteiger charge is 2.43. The van der Waals surface area contributed by atoms with Crippen molar-refractivity contribution >= 4 is 20.5 Å². The highest BCUT2D eigenvalue weighted by Crippen LogP contribution is 2.38. The van der Waals surface area contributed by atoms with Gasteiger partial charge in [-0.1, -0.05) is 20.8 Å². The van der Waals surface area contributed by atoms with E-state index in [1.165, 1.54) is 12.1 Å². The van der Waals surface area contributed by atoms with Gasteiger partial charge in [-0.3, -0.25) is 9.59 Å². The van der Waals surface area contributed by atoms with Gasteiger partial charge in [0, 0.05) is 18.7 Å². The number of benzene rings is 1. The summed E-state index contributed by atoms with van der Waals surface area (Å²) in [5.74, 6) is -0.990. The molecule has 2 rings (SSSR count). The molecule has 1 aromatic rings. The molecule has 0 unspecified atom stereocenters. The molecule has 0 radical (unpaired) electrons. The van der Waals surface area contributed by atoms with Crippen LogP contribution >= 0.6 is 0 Å². The summed E-state index contributed by atoms with van der Waals surface area (Å²) in [4.78, 5) is 24.7. The Kier molecular flexibility index (Phi) is 4.78. The van der Waals surface area contributed by atoms with Crippen LogP contribution in [0, 0.1) is 5.82 Å². The molecule has 0 aromatic heterocycles. The van der Waals surface area contributed by atoms with Gasteiger partial charge in [-0.15, -0.1) is 0 Å². The van der Waals surface area contributed by atoms with E-state index >= 15 is 0 Å². The van der Waals surface area contributed by atoms with Crippen LogP contribution in [0.15, 0.2) is 18.2 Å². The van der Waals surface area contributed by atoms with E-state index in [-0.39, 0.29) is 22.6 Å². The summed E-state index contributed by atoms with van der Waals surface area (Å²) in [6.45, 7) is 11.8. The first-order chi connectivity index (χ1) is 10.5. The molecular weight excluding hydrogens is 313 g/mol. The Bertz CT molecular complexity index is 619. The summed E-state index contributed by atoms with van der Waals surface area (Å²) in [5.41, 5.74) is 0.240. The van der Waals surface area contributed by atoms with E-state index in [0.29, 0.717) is 24.9 Å². The number of hydrogen-bond donors (Lipinski definition) is 0. The molecule has 0 atom stereocenters. The fourth-order valence-corrected chi connectivity index (χ4v) is 3.56. The van der Waals surface area contributed by atoms with Gasteiger partial charge < -0.3 is 9.33 Å². The van der Waals surface area contributed by atoms with Crippen LogP contribution in [-0.2, 0) is 4.43 Å². The molecule has 1 amide bonds. The predicted octanol–water partition coefficient (Wildman–Crippen LogP) is 3.48. The molecule has 23 heavy (non-hydrogen) atoms. The normalized spacial score (nSPS) is 16.2. The van der Waals surface area contributed by atoms with Crippen LogP contribution in [0.4, 0.5) is 4.39 Å². The first-order valence-corrected chi connectivity index (χ1v) is 10.7. The SMILES string of the molecule is CC(C)(C)[Si](C)(C)OC1CN(C(=O)c2cc(C=O)ccc2F)C1. The summed E-state index contributed by atoms with van der Waals surface area (Å²) >= 11 is 0. The van der Waals surface area contributed by atoms with Crippen LogP contribution in [0.1, 0.15) is 41.5 Å². The third kappa shape index (κ3) is 3.69. The van der Waals surface area contributed by atoms with Gasteiger partial charge in [0.2, 0.25) is 0 Å². The second-order valence-corrected chi connectivity index (χ2v) is 12.3. The molecule has 1 heterocycles. The van der Waals surface area contributed by atoms with Crippen molar-refractivity contribution in [2.45, 2.75) is 45.0 Å². The van der Waals surface area contributed by atoms with Gasteiger partial charge in [0.1, 0.15) is 12.1 Å². The molecule has 1 fully saturated rings. The fourth-order valence-electron chi connectivity index (χ4n) is 2.22. The minimum atomic E-state index is -1.87. The van der Waals surface area contributed by atoms with Crippen LogP contribution < -0.4 is 0 Å². The van der Waals surface area contributed by atoms with Gasteiger partial charge >= 0.3 is 0 Å². The Labute approximate surface area is 137 Å². The Morgan fingerprint density at radius 1 is 1.35 bits per heavy atom. The molecule has 0 saturated carbocycles. The molecule has 126 valence electrons. The van der Waals surface area contributed by atoms with E-state index in [9.17, 15) is 14.0 Å². The number of likely N-dealkylation sites (tertiary alicyclic amines) is 1. The molecule has 1 aliphatic heterocycles. The van der Waals surface area contributed by atoms with Gasteiger partial charge in [0.05, 0.1) is 11.7 Å². The van der Waals surface area contributed by atoms with Gasteiger partial charge in [-0.25, -0.2) is 4.39 Å². The zero-order valence-corrected chi connectivity index (χ0v) is 15.4. The average Bonchev–Trinajstić information content (AvgIpc) is 2.41. The first-order valence-electron chi connectivity index (χ1n) is 7.77. The topological polar surface area (TPSA) is 46.6 Å². The largest absolute Gasteiger partial charge is 0.410 e. The molecule has 1 saturated heterocycles. The van der Waals surface area contributed by atoms with Crippen molar-refractivity contribution in [3.8, 4) is 0 Å². The molecule has 0 aliphatic carbocycles. The number of hydrogen-bond acceptors (Lipinski definition) is 3. The summed E-state index contributed by atoms with van der Waals surface area (Å²) in [7, 11) is -1.87. The number of carbonyl (C=O) groups is 2. The monoisotopic (exact) mass is 337 g/mol. The van der Waals surface area contributed by atoms with Crippen molar-refractivity contribution in [2.75, 3.05) is 13.1 Å². The summed E-state index contributed by atoms with van der Waals surface area (Å²) in [6, 6.07) is 3.81. The van der Waals surface area contributed by atoms with Crippen molar-refractivity contribution in [2.24, 2.45) is 0 Å². The summed E-state index contributed by atoms with van der Waals surface area (Å²) in [5, 5.41) is 0.113. The Morgan fingerprint density at radius 2 is 1.96 bits per heavy atom. The van der Waals surface area contributed by atoms with Gasteiger partial charge in [-0.2, -0.15) is 0 Å². The van der Waals surface area contributed by atoms with E-state index in [0.717, 1.165) is 6.07 Å². The summed E-state index contributed by atoms with van der Waals surface area (Å²) < 4.78 is 20.0. The highest BCUT2D eigenvalue weighted by molar-refractivity contribution is 6.74. The Morgan fingerprint density at radius 3 is 2.48 bits per heavy atom. The number of rotatable bonds is 4. The molecule has 0 bridgehead atoms. The quantitative estimate of drug-likeness (QED) is 0.624. The second kappa shape index (κ2) is 6.17. The fraction of sp³-hybridized carbons (Fsp3) is 0.529. The zero-order chi connectivity index (χ0) is 17.4. The predicted molar refractivity (Wildman–Crippen MR) is 89.8 cm³/mol. The lowest BCUT2D eigenvalue weighted by molar-refractivity contribution is 0.0115. The van der Waals surface area contributed by atoms with Crippen molar-refractivity contribution in [3.63, 3.8) is 0 Å². The lowest BCUT2D eigenvalue weighted by atomic mass is 10.1. The summed E-state index contributed by atoms with van der Waals surface area (Å²) in [6.07, 6.45) is 0.618. The van der Waals surface area contributed by atoms with Crippen LogP contribution in [0.2, 0.25) is 18.1 Å². The first kappa shape index (κ1) is 17.8. The zero-order valence-electron chi connectivity index (χ0n) is 14.4. The third-order valence-corrected chi connectivity index (χ3v) is 9.29. The van der Waals surface area contributed by atoms with Crippen LogP contribution in [-0.4, -0.2) is 44.6 Å². The van der Waals surface area contributed by atoms with Crippen molar-refractivity contribution < 1.29 is 18.4 Å². The van der Waals surface area contributed by atoms with Crippen LogP contribution in [0.25, 0.3) is 0 Å². The van der Waals surface area contributed by atoms with Gasteiger partial charge in [0.15, 0.2) is 8.32 Å². The number of carbonyl (C=O) groups excluding carboxylic acids is 2. The maximum atomic E-state index is 13.8. The molecule has 0 N–H and O–H groups in total. The maximum Gasteiger partial charge on any atom is 0.257 e. The molecule has 1 aliphatic rings. The number of amides is 1. The second-order valence-electron chi connectivity index (χ2n) is 7.57. The third-order valence-electron chi connectivity index (χ3n) is 4.76. The maximum absolute atomic E-state index is 13.8. The lowest BCUT2D eigenvalue weighted by Gasteiger charge is -2.46. The van der Waals surface area contributed by atoms with Crippen LogP contribution in [0.5, 0.6) is 0 Å². The standard InChI is InChI=1S/C17H24FNO3Si/c1-17(2,3)23(4,5)22-13-9-19(10-13)16(21)14-8-12(11-20)6-7-15(14)18/h6-8,11,13H,9-10H2,1-5H3. The molecule has 4 nitrogen and oxygen atoms in total. The minimum Gasteiger partial charge on any atom is -0.410 e. The molecule has 6 heteroatoms. The highest BCUT2D eigenvalue weighted by atomic mass is 28.4. The van der Waals surface area contributed by atoms with Crippen molar-refractivity contribution in [3.05, 3.63) is 35.1 Å². The van der Waals surface area contributed by atoms with Crippen molar-refractivity contribution in [1.29, 1.82) is 0 Å². The lowest BCUT2D eigenvalue weighted by Crippen LogP contribution is -2.59. The number of aldehydes is 1. The molecular formula is C17H24FNO3Si. The Balaban J connectivity index is 2.00. The van der Waals surface area contributed by atoms with E-state index in [2.05, 4.69) is 33.9 Å². The molecule has 0 spiro atoms. The van der Waals surface area contributed by atoms with E-state index in [1.807, 2.05) is 0 Å². The Hall–Kier alpha value is -1.53. The smallest absolute Gasteiger partial charge is 0.257 e. The van der Waals surface area contributed by atoms with E-state index < -0.39 is 14.1 Å². The number of nitrogens with zero attached hydrogens (tertiary/aromatic N) is 1. The van der Waals surface area contributed by atoms with Gasteiger partial charge in [0.25, 0.3) is 5.91 Å². The van der Waals surface area contributed by atoms with E-state index in [4.69, 9.17) is 4.43 Å². The van der Waals surface area contributed by atoms with Crippen LogP contribution in [0.3, 0.4) is 0 Å². The van der Waals surface area contributed by atoms with E-state index in [1.54, 1.807) is 4.90 Å². The number of halogens is 1. The van der Waals surface area contributed by atoms with Gasteiger partial charge in [-0.05, 0) is 36.3 Å². The molecule has 1 aromatic carbocycles.